The standard InChI is InChI=1S/C14H23NO3/c1-5-6-15-14(10-16-2)11-7-12(17-3)9-13(8-11)18-4/h7-9,14-15H,5-6,10H2,1-4H3. The lowest BCUT2D eigenvalue weighted by Crippen LogP contribution is -2.26. The fourth-order valence-electron chi connectivity index (χ4n) is 1.79. The zero-order valence-electron chi connectivity index (χ0n) is 11.7. The summed E-state index contributed by atoms with van der Waals surface area (Å²) in [5.74, 6) is 1.59. The zero-order valence-corrected chi connectivity index (χ0v) is 11.7. The minimum Gasteiger partial charge on any atom is -0.497 e. The van der Waals surface area contributed by atoms with E-state index in [1.54, 1.807) is 21.3 Å². The third-order valence-electron chi connectivity index (χ3n) is 2.75. The SMILES string of the molecule is CCCNC(COC)c1cc(OC)cc(OC)c1. The summed E-state index contributed by atoms with van der Waals surface area (Å²) in [4.78, 5) is 0. The Morgan fingerprint density at radius 1 is 1.06 bits per heavy atom. The first-order valence-electron chi connectivity index (χ1n) is 6.20. The first-order chi connectivity index (χ1) is 8.74. The summed E-state index contributed by atoms with van der Waals surface area (Å²) in [6, 6.07) is 6.04. The molecule has 0 amide bonds. The Morgan fingerprint density at radius 3 is 2.11 bits per heavy atom. The normalized spacial score (nSPS) is 12.2. The molecule has 1 rings (SSSR count). The Balaban J connectivity index is 2.93. The highest BCUT2D eigenvalue weighted by Gasteiger charge is 2.13. The van der Waals surface area contributed by atoms with Gasteiger partial charge in [0.25, 0.3) is 0 Å². The quantitative estimate of drug-likeness (QED) is 0.772. The van der Waals surface area contributed by atoms with E-state index in [0.29, 0.717) is 6.61 Å². The summed E-state index contributed by atoms with van der Waals surface area (Å²) >= 11 is 0. The van der Waals surface area contributed by atoms with Gasteiger partial charge in [-0.15, -0.1) is 0 Å². The number of benzene rings is 1. The molecule has 0 radical (unpaired) electrons. The number of ether oxygens (including phenoxy) is 3. The largest absolute Gasteiger partial charge is 0.497 e. The highest BCUT2D eigenvalue weighted by molar-refractivity contribution is 5.39. The minimum absolute atomic E-state index is 0.152. The van der Waals surface area contributed by atoms with Gasteiger partial charge < -0.3 is 19.5 Å². The molecule has 1 aromatic carbocycles. The van der Waals surface area contributed by atoms with E-state index in [0.717, 1.165) is 30.0 Å². The van der Waals surface area contributed by atoms with Gasteiger partial charge in [-0.1, -0.05) is 6.92 Å². The van der Waals surface area contributed by atoms with Gasteiger partial charge in [0.1, 0.15) is 11.5 Å². The number of methoxy groups -OCH3 is 3. The van der Waals surface area contributed by atoms with Crippen molar-refractivity contribution in [2.24, 2.45) is 0 Å². The van der Waals surface area contributed by atoms with Crippen LogP contribution in [0, 0.1) is 0 Å². The summed E-state index contributed by atoms with van der Waals surface area (Å²) in [6.45, 7) is 3.72. The highest BCUT2D eigenvalue weighted by Crippen LogP contribution is 2.26. The number of rotatable bonds is 8. The molecule has 0 bridgehead atoms. The lowest BCUT2D eigenvalue weighted by molar-refractivity contribution is 0.167. The molecule has 0 aliphatic carbocycles. The van der Waals surface area contributed by atoms with Crippen LogP contribution in [-0.2, 0) is 4.74 Å². The van der Waals surface area contributed by atoms with E-state index < -0.39 is 0 Å². The average molecular weight is 253 g/mol. The first-order valence-corrected chi connectivity index (χ1v) is 6.20. The highest BCUT2D eigenvalue weighted by atomic mass is 16.5. The van der Waals surface area contributed by atoms with Crippen molar-refractivity contribution < 1.29 is 14.2 Å². The fourth-order valence-corrected chi connectivity index (χ4v) is 1.79. The molecular weight excluding hydrogens is 230 g/mol. The third kappa shape index (κ3) is 4.20. The molecule has 0 aromatic heterocycles. The van der Waals surface area contributed by atoms with E-state index >= 15 is 0 Å². The molecule has 1 unspecified atom stereocenters. The molecule has 0 fully saturated rings. The first kappa shape index (κ1) is 14.8. The van der Waals surface area contributed by atoms with Gasteiger partial charge in [0.05, 0.1) is 26.9 Å². The molecule has 1 aromatic rings. The van der Waals surface area contributed by atoms with Crippen molar-refractivity contribution in [1.82, 2.24) is 5.32 Å². The molecule has 0 saturated carbocycles. The maximum Gasteiger partial charge on any atom is 0.122 e. The molecule has 0 spiro atoms. The average Bonchev–Trinajstić information content (AvgIpc) is 2.42. The van der Waals surface area contributed by atoms with Gasteiger partial charge in [0.2, 0.25) is 0 Å². The fraction of sp³-hybridized carbons (Fsp3) is 0.571. The molecule has 102 valence electrons. The van der Waals surface area contributed by atoms with Crippen molar-refractivity contribution in [1.29, 1.82) is 0 Å². The van der Waals surface area contributed by atoms with Crippen molar-refractivity contribution in [3.05, 3.63) is 23.8 Å². The van der Waals surface area contributed by atoms with Crippen LogP contribution < -0.4 is 14.8 Å². The van der Waals surface area contributed by atoms with Gasteiger partial charge in [-0.2, -0.15) is 0 Å². The van der Waals surface area contributed by atoms with Gasteiger partial charge in [0.15, 0.2) is 0 Å². The van der Waals surface area contributed by atoms with Gasteiger partial charge in [-0.25, -0.2) is 0 Å². The van der Waals surface area contributed by atoms with E-state index in [9.17, 15) is 0 Å². The Morgan fingerprint density at radius 2 is 1.67 bits per heavy atom. The molecule has 4 heteroatoms. The van der Waals surface area contributed by atoms with Crippen LogP contribution >= 0.6 is 0 Å². The molecule has 1 atom stereocenters. The van der Waals surface area contributed by atoms with Gasteiger partial charge >= 0.3 is 0 Å². The van der Waals surface area contributed by atoms with Crippen LogP contribution in [0.2, 0.25) is 0 Å². The van der Waals surface area contributed by atoms with Crippen LogP contribution in [0.15, 0.2) is 18.2 Å². The second-order valence-corrected chi connectivity index (χ2v) is 4.11. The molecular formula is C14H23NO3. The predicted molar refractivity (Wildman–Crippen MR) is 72.5 cm³/mol. The van der Waals surface area contributed by atoms with E-state index in [2.05, 4.69) is 12.2 Å². The monoisotopic (exact) mass is 253 g/mol. The molecule has 18 heavy (non-hydrogen) atoms. The van der Waals surface area contributed by atoms with E-state index in [1.165, 1.54) is 0 Å². The number of nitrogens with one attached hydrogen (secondary N) is 1. The smallest absolute Gasteiger partial charge is 0.122 e. The minimum atomic E-state index is 0.152. The summed E-state index contributed by atoms with van der Waals surface area (Å²) in [5.41, 5.74) is 1.11. The van der Waals surface area contributed by atoms with Crippen molar-refractivity contribution in [2.45, 2.75) is 19.4 Å². The van der Waals surface area contributed by atoms with Crippen molar-refractivity contribution in [2.75, 3.05) is 34.5 Å². The topological polar surface area (TPSA) is 39.7 Å². The second kappa shape index (κ2) is 7.95. The van der Waals surface area contributed by atoms with Gasteiger partial charge in [0, 0.05) is 13.2 Å². The van der Waals surface area contributed by atoms with E-state index in [4.69, 9.17) is 14.2 Å². The Bertz CT molecular complexity index is 333. The summed E-state index contributed by atoms with van der Waals surface area (Å²) in [7, 11) is 5.02. The lowest BCUT2D eigenvalue weighted by Gasteiger charge is -2.19. The maximum atomic E-state index is 5.28. The summed E-state index contributed by atoms with van der Waals surface area (Å²) < 4.78 is 15.8. The van der Waals surface area contributed by atoms with E-state index in [1.807, 2.05) is 18.2 Å². The van der Waals surface area contributed by atoms with Gasteiger partial charge in [-0.05, 0) is 30.7 Å². The van der Waals surface area contributed by atoms with Crippen LogP contribution in [0.3, 0.4) is 0 Å². The predicted octanol–water partition coefficient (Wildman–Crippen LogP) is 2.39. The van der Waals surface area contributed by atoms with Crippen molar-refractivity contribution in [3.63, 3.8) is 0 Å². The Labute approximate surface area is 109 Å². The number of hydrogen-bond acceptors (Lipinski definition) is 4. The summed E-state index contributed by atoms with van der Waals surface area (Å²) in [6.07, 6.45) is 1.08. The Kier molecular flexibility index (Phi) is 6.54. The molecule has 4 nitrogen and oxygen atoms in total. The number of hydrogen-bond donors (Lipinski definition) is 1. The van der Waals surface area contributed by atoms with Crippen LogP contribution in [0.1, 0.15) is 24.9 Å². The molecule has 0 aliphatic rings. The van der Waals surface area contributed by atoms with Crippen molar-refractivity contribution in [3.8, 4) is 11.5 Å². The van der Waals surface area contributed by atoms with Gasteiger partial charge in [-0.3, -0.25) is 0 Å². The molecule has 0 saturated heterocycles. The maximum absolute atomic E-state index is 5.28. The molecule has 1 N–H and O–H groups in total. The zero-order chi connectivity index (χ0) is 13.4. The Hall–Kier alpha value is -1.26. The third-order valence-corrected chi connectivity index (χ3v) is 2.75. The van der Waals surface area contributed by atoms with Crippen LogP contribution in [0.25, 0.3) is 0 Å². The second-order valence-electron chi connectivity index (χ2n) is 4.11. The van der Waals surface area contributed by atoms with Crippen LogP contribution in [0.4, 0.5) is 0 Å². The van der Waals surface area contributed by atoms with Crippen LogP contribution in [-0.4, -0.2) is 34.5 Å². The van der Waals surface area contributed by atoms with E-state index in [-0.39, 0.29) is 6.04 Å². The van der Waals surface area contributed by atoms with Crippen LogP contribution in [0.5, 0.6) is 11.5 Å². The molecule has 0 aliphatic heterocycles. The van der Waals surface area contributed by atoms with Crippen molar-refractivity contribution >= 4 is 0 Å². The lowest BCUT2D eigenvalue weighted by atomic mass is 10.1. The summed E-state index contributed by atoms with van der Waals surface area (Å²) in [5, 5.41) is 3.45. The molecule has 0 heterocycles.